The number of rotatable bonds is 12. The highest BCUT2D eigenvalue weighted by Gasteiger charge is 2.41. The number of aliphatic hydroxyl groups is 2. The lowest BCUT2D eigenvalue weighted by Crippen LogP contribution is -2.19. The highest BCUT2D eigenvalue weighted by Crippen LogP contribution is 2.45. The molecular weight excluding hydrogens is 424 g/mol. The smallest absolute Gasteiger partial charge is 0.303 e. The molecule has 2 aliphatic rings. The zero-order valence-corrected chi connectivity index (χ0v) is 20.1. The summed E-state index contributed by atoms with van der Waals surface area (Å²) in [6.07, 6.45) is 13.2. The topological polar surface area (TPSA) is 77.8 Å². The molecule has 5 heteroatoms. The Kier molecular flexibility index (Phi) is 10.3. The molecule has 2 saturated carbocycles. The molecule has 0 saturated heterocycles. The van der Waals surface area contributed by atoms with Crippen molar-refractivity contribution in [2.45, 2.75) is 113 Å². The predicted molar refractivity (Wildman–Crippen MR) is 129 cm³/mol. The second-order valence-electron chi connectivity index (χ2n) is 10.1. The Balaban J connectivity index is 1.50. The van der Waals surface area contributed by atoms with Crippen molar-refractivity contribution >= 4 is 17.6 Å². The summed E-state index contributed by atoms with van der Waals surface area (Å²) in [6, 6.07) is 8.19. The van der Waals surface area contributed by atoms with Gasteiger partial charge in [-0.1, -0.05) is 75.6 Å². The third-order valence-electron chi connectivity index (χ3n) is 7.76. The second kappa shape index (κ2) is 13.0. The molecule has 0 heterocycles. The summed E-state index contributed by atoms with van der Waals surface area (Å²) >= 11 is 6.62. The first-order valence-corrected chi connectivity index (χ1v) is 13.2. The Bertz CT molecular complexity index is 685. The molecule has 5 atom stereocenters. The number of aliphatic carboxylic acids is 1. The van der Waals surface area contributed by atoms with Crippen LogP contribution in [0.25, 0.3) is 0 Å². The number of halogens is 1. The summed E-state index contributed by atoms with van der Waals surface area (Å²) in [7, 11) is 0. The van der Waals surface area contributed by atoms with Crippen molar-refractivity contribution in [1.82, 2.24) is 0 Å². The lowest BCUT2D eigenvalue weighted by atomic mass is 9.83. The highest BCUT2D eigenvalue weighted by molar-refractivity contribution is 6.21. The monoisotopic (exact) mass is 464 g/mol. The fourth-order valence-electron chi connectivity index (χ4n) is 5.88. The third-order valence-corrected chi connectivity index (χ3v) is 8.27. The van der Waals surface area contributed by atoms with Crippen LogP contribution in [0.2, 0.25) is 0 Å². The first kappa shape index (κ1) is 25.5. The van der Waals surface area contributed by atoms with Crippen molar-refractivity contribution in [3.05, 3.63) is 35.4 Å². The van der Waals surface area contributed by atoms with Gasteiger partial charge in [0.2, 0.25) is 0 Å². The number of alkyl halides is 1. The largest absolute Gasteiger partial charge is 0.481 e. The Morgan fingerprint density at radius 3 is 2.38 bits per heavy atom. The van der Waals surface area contributed by atoms with Gasteiger partial charge in [-0.3, -0.25) is 4.79 Å². The molecule has 1 aromatic rings. The van der Waals surface area contributed by atoms with E-state index in [4.69, 9.17) is 16.7 Å². The van der Waals surface area contributed by atoms with E-state index in [9.17, 15) is 15.0 Å². The number of aliphatic hydroxyl groups excluding tert-OH is 2. The Hall–Kier alpha value is -1.10. The minimum atomic E-state index is -0.729. The van der Waals surface area contributed by atoms with Crippen LogP contribution in [0.4, 0.5) is 0 Å². The Morgan fingerprint density at radius 2 is 1.69 bits per heavy atom. The van der Waals surface area contributed by atoms with Gasteiger partial charge in [-0.25, -0.2) is 0 Å². The number of benzene rings is 1. The number of hydrogen-bond acceptors (Lipinski definition) is 3. The van der Waals surface area contributed by atoms with Gasteiger partial charge >= 0.3 is 5.97 Å². The predicted octanol–water partition coefficient (Wildman–Crippen LogP) is 6.58. The van der Waals surface area contributed by atoms with E-state index in [1.165, 1.54) is 32.1 Å². The quantitative estimate of drug-likeness (QED) is 0.241. The van der Waals surface area contributed by atoms with Crippen molar-refractivity contribution in [1.29, 1.82) is 0 Å². The van der Waals surface area contributed by atoms with Gasteiger partial charge in [0, 0.05) is 17.7 Å². The van der Waals surface area contributed by atoms with E-state index in [1.54, 1.807) is 0 Å². The maximum atomic E-state index is 10.7. The lowest BCUT2D eigenvalue weighted by Gasteiger charge is -2.25. The molecule has 0 spiro atoms. The Labute approximate surface area is 198 Å². The van der Waals surface area contributed by atoms with E-state index in [2.05, 4.69) is 12.1 Å². The van der Waals surface area contributed by atoms with Crippen LogP contribution in [0.5, 0.6) is 0 Å². The van der Waals surface area contributed by atoms with Crippen molar-refractivity contribution in [3.8, 4) is 0 Å². The van der Waals surface area contributed by atoms with Gasteiger partial charge < -0.3 is 15.3 Å². The molecular formula is C27H41ClO4. The molecule has 0 radical (unpaired) electrons. The molecule has 2 fully saturated rings. The lowest BCUT2D eigenvalue weighted by molar-refractivity contribution is -0.137. The summed E-state index contributed by atoms with van der Waals surface area (Å²) in [5.41, 5.74) is 2.08. The molecule has 0 amide bonds. The van der Waals surface area contributed by atoms with Crippen molar-refractivity contribution in [2.75, 3.05) is 0 Å². The zero-order chi connectivity index (χ0) is 22.9. The molecule has 32 heavy (non-hydrogen) atoms. The molecule has 0 bridgehead atoms. The second-order valence-corrected chi connectivity index (χ2v) is 10.7. The molecule has 4 nitrogen and oxygen atoms in total. The number of hydrogen-bond donors (Lipinski definition) is 3. The number of carboxylic acids is 1. The van der Waals surface area contributed by atoms with Crippen LogP contribution < -0.4 is 0 Å². The number of carbonyl (C=O) groups is 1. The maximum absolute atomic E-state index is 10.7. The van der Waals surface area contributed by atoms with Gasteiger partial charge in [-0.15, -0.1) is 11.6 Å². The van der Waals surface area contributed by atoms with Crippen LogP contribution in [-0.2, 0) is 4.79 Å². The molecule has 3 N–H and O–H groups in total. The molecule has 0 aromatic heterocycles. The van der Waals surface area contributed by atoms with E-state index in [1.807, 2.05) is 12.1 Å². The number of carboxylic acid groups (broad SMARTS) is 1. The maximum Gasteiger partial charge on any atom is 0.303 e. The summed E-state index contributed by atoms with van der Waals surface area (Å²) in [6.45, 7) is 0. The molecule has 180 valence electrons. The van der Waals surface area contributed by atoms with Crippen LogP contribution in [0.3, 0.4) is 0 Å². The zero-order valence-electron chi connectivity index (χ0n) is 19.3. The molecule has 1 aromatic carbocycles. The molecule has 5 unspecified atom stereocenters. The van der Waals surface area contributed by atoms with E-state index in [0.717, 1.165) is 62.0 Å². The standard InChI is InChI=1S/C27H41ClO4/c28-23-18-25(30)27(22(23)10-6-1-2-7-11-26(31)32)21-15-13-20(14-16-21)24(29)17-12-19-8-4-3-5-9-19/h13-16,19,22-25,27,29-30H,1-12,17-18H2,(H,31,32). The van der Waals surface area contributed by atoms with Crippen molar-refractivity contribution in [3.63, 3.8) is 0 Å². The van der Waals surface area contributed by atoms with Crippen LogP contribution in [0, 0.1) is 11.8 Å². The van der Waals surface area contributed by atoms with Crippen molar-refractivity contribution in [2.24, 2.45) is 11.8 Å². The van der Waals surface area contributed by atoms with Gasteiger partial charge in [0.1, 0.15) is 0 Å². The number of unbranched alkanes of at least 4 members (excludes halogenated alkanes) is 3. The van der Waals surface area contributed by atoms with Crippen molar-refractivity contribution < 1.29 is 20.1 Å². The van der Waals surface area contributed by atoms with Gasteiger partial charge in [-0.2, -0.15) is 0 Å². The fourth-order valence-corrected chi connectivity index (χ4v) is 6.34. The van der Waals surface area contributed by atoms with Gasteiger partial charge in [0.15, 0.2) is 0 Å². The van der Waals surface area contributed by atoms with Crippen LogP contribution in [-0.4, -0.2) is 32.8 Å². The molecule has 3 rings (SSSR count). The van der Waals surface area contributed by atoms with Crippen LogP contribution >= 0.6 is 11.6 Å². The summed E-state index contributed by atoms with van der Waals surface area (Å²) < 4.78 is 0. The first-order chi connectivity index (χ1) is 15.5. The Morgan fingerprint density at radius 1 is 1.00 bits per heavy atom. The van der Waals surface area contributed by atoms with E-state index in [0.29, 0.717) is 6.42 Å². The van der Waals surface area contributed by atoms with E-state index in [-0.39, 0.29) is 23.6 Å². The summed E-state index contributed by atoms with van der Waals surface area (Å²) in [5, 5.41) is 30.1. The molecule has 2 aliphatic carbocycles. The summed E-state index contributed by atoms with van der Waals surface area (Å²) in [5.74, 6) is 0.308. The first-order valence-electron chi connectivity index (χ1n) is 12.8. The highest BCUT2D eigenvalue weighted by atomic mass is 35.5. The third kappa shape index (κ3) is 7.46. The average Bonchev–Trinajstić information content (AvgIpc) is 3.07. The van der Waals surface area contributed by atoms with Gasteiger partial charge in [0.05, 0.1) is 12.2 Å². The van der Waals surface area contributed by atoms with E-state index < -0.39 is 18.2 Å². The SMILES string of the molecule is O=C(O)CCCCCCC1C(Cl)CC(O)C1c1ccc(C(O)CCC2CCCCC2)cc1. The summed E-state index contributed by atoms with van der Waals surface area (Å²) in [4.78, 5) is 10.6. The van der Waals surface area contributed by atoms with Gasteiger partial charge in [0.25, 0.3) is 0 Å². The van der Waals surface area contributed by atoms with Crippen LogP contribution in [0.1, 0.15) is 113 Å². The van der Waals surface area contributed by atoms with Crippen LogP contribution in [0.15, 0.2) is 24.3 Å². The van der Waals surface area contributed by atoms with E-state index >= 15 is 0 Å². The molecule has 0 aliphatic heterocycles. The minimum absolute atomic E-state index is 0.0324. The minimum Gasteiger partial charge on any atom is -0.481 e. The normalized spacial score (nSPS) is 27.5. The fraction of sp³-hybridized carbons (Fsp3) is 0.741. The van der Waals surface area contributed by atoms with Gasteiger partial charge in [-0.05, 0) is 55.1 Å². The average molecular weight is 465 g/mol.